The zero-order valence-corrected chi connectivity index (χ0v) is 16.1. The van der Waals surface area contributed by atoms with Crippen LogP contribution in [0.2, 0.25) is 0 Å². The quantitative estimate of drug-likeness (QED) is 0.473. The van der Waals surface area contributed by atoms with Gasteiger partial charge in [0.1, 0.15) is 5.54 Å². The van der Waals surface area contributed by atoms with E-state index in [0.29, 0.717) is 18.8 Å². The predicted molar refractivity (Wildman–Crippen MR) is 104 cm³/mol. The first-order chi connectivity index (χ1) is 12.1. The van der Waals surface area contributed by atoms with Crippen molar-refractivity contribution in [1.82, 2.24) is 0 Å². The molecule has 140 valence electrons. The van der Waals surface area contributed by atoms with Crippen molar-refractivity contribution in [2.45, 2.75) is 89.0 Å². The highest BCUT2D eigenvalue weighted by Gasteiger charge is 2.43. The maximum Gasteiger partial charge on any atom is 0.325 e. The summed E-state index contributed by atoms with van der Waals surface area (Å²) >= 11 is 0. The number of hydrogen-bond acceptors (Lipinski definition) is 3. The van der Waals surface area contributed by atoms with Crippen LogP contribution in [0.1, 0.15) is 88.2 Å². The van der Waals surface area contributed by atoms with Gasteiger partial charge in [-0.15, -0.1) is 0 Å². The summed E-state index contributed by atoms with van der Waals surface area (Å²) in [5.74, 6) is 0.0993. The number of methoxy groups -OCH3 is 1. The summed E-state index contributed by atoms with van der Waals surface area (Å²) in [5.41, 5.74) is 8.15. The van der Waals surface area contributed by atoms with Crippen molar-refractivity contribution in [3.05, 3.63) is 35.4 Å². The Morgan fingerprint density at radius 3 is 2.40 bits per heavy atom. The molecule has 2 N–H and O–H groups in total. The van der Waals surface area contributed by atoms with Crippen molar-refractivity contribution in [3.8, 4) is 0 Å². The monoisotopic (exact) mass is 345 g/mol. The molecule has 3 heteroatoms. The highest BCUT2D eigenvalue weighted by molar-refractivity contribution is 5.81. The molecule has 0 saturated heterocycles. The lowest BCUT2D eigenvalue weighted by molar-refractivity contribution is -0.146. The van der Waals surface area contributed by atoms with Crippen LogP contribution in [0.15, 0.2) is 24.3 Å². The Morgan fingerprint density at radius 1 is 1.12 bits per heavy atom. The number of benzene rings is 1. The normalized spacial score (nSPS) is 22.9. The molecule has 0 spiro atoms. The van der Waals surface area contributed by atoms with Gasteiger partial charge in [-0.1, -0.05) is 69.7 Å². The Balaban J connectivity index is 1.74. The first-order valence-electron chi connectivity index (χ1n) is 10.0. The highest BCUT2D eigenvalue weighted by atomic mass is 16.5. The van der Waals surface area contributed by atoms with Crippen LogP contribution in [-0.2, 0) is 16.0 Å². The van der Waals surface area contributed by atoms with E-state index in [4.69, 9.17) is 10.5 Å². The van der Waals surface area contributed by atoms with Crippen molar-refractivity contribution in [2.24, 2.45) is 5.73 Å². The Labute approximate surface area is 153 Å². The lowest BCUT2D eigenvalue weighted by Gasteiger charge is -2.20. The number of carbonyl (C=O) groups is 1. The van der Waals surface area contributed by atoms with E-state index in [1.807, 2.05) is 0 Å². The molecule has 1 saturated carbocycles. The second-order valence-electron chi connectivity index (χ2n) is 7.70. The van der Waals surface area contributed by atoms with Crippen LogP contribution in [0.4, 0.5) is 0 Å². The third kappa shape index (κ3) is 5.85. The van der Waals surface area contributed by atoms with Gasteiger partial charge in [0.05, 0.1) is 7.11 Å². The molecular weight excluding hydrogens is 310 g/mol. The van der Waals surface area contributed by atoms with E-state index in [1.165, 1.54) is 69.6 Å². The zero-order chi connectivity index (χ0) is 18.1. The van der Waals surface area contributed by atoms with E-state index in [1.54, 1.807) is 0 Å². The SMILES string of the molecule is CCCCCCCCCc1ccc([C@H]2CC[C@](N)(C(=O)OC)C2)cc1. The van der Waals surface area contributed by atoms with Crippen molar-refractivity contribution >= 4 is 5.97 Å². The third-order valence-corrected chi connectivity index (χ3v) is 5.66. The molecule has 1 aromatic rings. The van der Waals surface area contributed by atoms with Crippen molar-refractivity contribution in [1.29, 1.82) is 0 Å². The molecule has 1 aliphatic carbocycles. The largest absolute Gasteiger partial charge is 0.468 e. The van der Waals surface area contributed by atoms with Crippen LogP contribution >= 0.6 is 0 Å². The predicted octanol–water partition coefficient (Wildman–Crippen LogP) is 5.12. The number of rotatable bonds is 10. The molecule has 3 nitrogen and oxygen atoms in total. The molecule has 0 unspecified atom stereocenters. The van der Waals surface area contributed by atoms with Gasteiger partial charge < -0.3 is 10.5 Å². The first kappa shape index (κ1) is 20.0. The van der Waals surface area contributed by atoms with E-state index in [9.17, 15) is 4.79 Å². The molecule has 2 atom stereocenters. The molecule has 1 aliphatic rings. The smallest absolute Gasteiger partial charge is 0.325 e. The summed E-state index contributed by atoms with van der Waals surface area (Å²) in [6.07, 6.45) is 13.0. The molecule has 0 amide bonds. The summed E-state index contributed by atoms with van der Waals surface area (Å²) in [6.45, 7) is 2.26. The van der Waals surface area contributed by atoms with Crippen LogP contribution in [0.25, 0.3) is 0 Å². The minimum atomic E-state index is -0.796. The first-order valence-corrected chi connectivity index (χ1v) is 10.0. The van der Waals surface area contributed by atoms with Crippen LogP contribution in [-0.4, -0.2) is 18.6 Å². The average Bonchev–Trinajstić information content (AvgIpc) is 3.04. The number of unbranched alkanes of at least 4 members (excludes halogenated alkanes) is 6. The average molecular weight is 346 g/mol. The highest BCUT2D eigenvalue weighted by Crippen LogP contribution is 2.40. The van der Waals surface area contributed by atoms with Gasteiger partial charge in [-0.25, -0.2) is 0 Å². The van der Waals surface area contributed by atoms with E-state index >= 15 is 0 Å². The number of ether oxygens (including phenoxy) is 1. The lowest BCUT2D eigenvalue weighted by atomic mass is 9.92. The van der Waals surface area contributed by atoms with E-state index in [2.05, 4.69) is 31.2 Å². The van der Waals surface area contributed by atoms with Crippen molar-refractivity contribution in [2.75, 3.05) is 7.11 Å². The Hall–Kier alpha value is -1.35. The Morgan fingerprint density at radius 2 is 1.76 bits per heavy atom. The fourth-order valence-corrected chi connectivity index (χ4v) is 3.99. The van der Waals surface area contributed by atoms with Gasteiger partial charge in [0.15, 0.2) is 0 Å². The van der Waals surface area contributed by atoms with Gasteiger partial charge in [0.2, 0.25) is 0 Å². The summed E-state index contributed by atoms with van der Waals surface area (Å²) < 4.78 is 4.86. The van der Waals surface area contributed by atoms with Gasteiger partial charge in [-0.05, 0) is 49.1 Å². The second kappa shape index (κ2) is 9.96. The van der Waals surface area contributed by atoms with Gasteiger partial charge in [0.25, 0.3) is 0 Å². The fourth-order valence-electron chi connectivity index (χ4n) is 3.99. The summed E-state index contributed by atoms with van der Waals surface area (Å²) in [4.78, 5) is 11.8. The standard InChI is InChI=1S/C22H35NO2/c1-3-4-5-6-7-8-9-10-18-11-13-19(14-12-18)20-15-16-22(23,17-20)21(24)25-2/h11-14,20H,3-10,15-17,23H2,1-2H3/t20-,22+/m0/s1. The molecule has 0 radical (unpaired) electrons. The molecule has 25 heavy (non-hydrogen) atoms. The molecule has 0 aromatic heterocycles. The number of aryl methyl sites for hydroxylation is 1. The van der Waals surface area contributed by atoms with E-state index in [-0.39, 0.29) is 5.97 Å². The minimum Gasteiger partial charge on any atom is -0.468 e. The molecule has 0 heterocycles. The van der Waals surface area contributed by atoms with E-state index in [0.717, 1.165) is 6.42 Å². The zero-order valence-electron chi connectivity index (χ0n) is 16.1. The molecule has 1 fully saturated rings. The number of carbonyl (C=O) groups excluding carboxylic acids is 1. The number of esters is 1. The van der Waals surface area contributed by atoms with Gasteiger partial charge >= 0.3 is 5.97 Å². The molecule has 0 bridgehead atoms. The number of hydrogen-bond donors (Lipinski definition) is 1. The summed E-state index contributed by atoms with van der Waals surface area (Å²) in [7, 11) is 1.42. The van der Waals surface area contributed by atoms with Crippen molar-refractivity contribution < 1.29 is 9.53 Å². The Bertz CT molecular complexity index is 525. The molecule has 2 rings (SSSR count). The third-order valence-electron chi connectivity index (χ3n) is 5.66. The van der Waals surface area contributed by atoms with Crippen molar-refractivity contribution in [3.63, 3.8) is 0 Å². The van der Waals surface area contributed by atoms with Crippen LogP contribution in [0.3, 0.4) is 0 Å². The number of nitrogens with two attached hydrogens (primary N) is 1. The van der Waals surface area contributed by atoms with Crippen LogP contribution in [0.5, 0.6) is 0 Å². The fraction of sp³-hybridized carbons (Fsp3) is 0.682. The van der Waals surface area contributed by atoms with Gasteiger partial charge in [0, 0.05) is 0 Å². The molecule has 0 aliphatic heterocycles. The topological polar surface area (TPSA) is 52.3 Å². The molecular formula is C22H35NO2. The maximum atomic E-state index is 11.8. The Kier molecular flexibility index (Phi) is 7.95. The minimum absolute atomic E-state index is 0.273. The lowest BCUT2D eigenvalue weighted by Crippen LogP contribution is -2.46. The van der Waals surface area contributed by atoms with Gasteiger partial charge in [-0.3, -0.25) is 4.79 Å². The van der Waals surface area contributed by atoms with Crippen LogP contribution < -0.4 is 5.73 Å². The van der Waals surface area contributed by atoms with Gasteiger partial charge in [-0.2, -0.15) is 0 Å². The van der Waals surface area contributed by atoms with E-state index < -0.39 is 5.54 Å². The molecule has 1 aromatic carbocycles. The second-order valence-corrected chi connectivity index (χ2v) is 7.70. The summed E-state index contributed by atoms with van der Waals surface area (Å²) in [6, 6.07) is 8.96. The maximum absolute atomic E-state index is 11.8. The van der Waals surface area contributed by atoms with Crippen LogP contribution in [0, 0.1) is 0 Å². The summed E-state index contributed by atoms with van der Waals surface area (Å²) in [5, 5.41) is 0.